The molecule has 0 bridgehead atoms. The molecule has 6 aromatic carbocycles. The summed E-state index contributed by atoms with van der Waals surface area (Å²) in [5, 5.41) is 0. The molecule has 0 amide bonds. The number of benzene rings is 6. The third kappa shape index (κ3) is 5.13. The van der Waals surface area contributed by atoms with E-state index in [2.05, 4.69) is 182 Å². The van der Waals surface area contributed by atoms with Crippen molar-refractivity contribution in [2.24, 2.45) is 0 Å². The quantitative estimate of drug-likeness (QED) is 0.188. The van der Waals surface area contributed by atoms with Gasteiger partial charge in [-0.3, -0.25) is 4.98 Å². The SMILES string of the molecule is Cc1cc(-c2ccc(-c3ccccc3)cc2)ccc1N(c1ccc(-c2ccncc2)cc1)c1ccc2c(c1)C(C)(C)c1ccccc1-2. The van der Waals surface area contributed by atoms with Gasteiger partial charge in [-0.25, -0.2) is 0 Å². The third-order valence-electron chi connectivity index (χ3n) is 9.73. The standard InChI is InChI=1S/C45H36N2/c1-31-29-37(35-15-13-33(14-16-35)32-9-5-4-6-10-32)19-24-44(31)47(38-20-17-34(18-21-38)36-25-27-46-28-26-36)39-22-23-41-40-11-7-8-12-42(40)45(2,3)43(41)30-39/h4-30H,1-3H3. The van der Waals surface area contributed by atoms with Crippen LogP contribution >= 0.6 is 0 Å². The van der Waals surface area contributed by atoms with Crippen molar-refractivity contribution in [1.82, 2.24) is 4.98 Å². The van der Waals surface area contributed by atoms with Gasteiger partial charge in [0.25, 0.3) is 0 Å². The molecule has 0 radical (unpaired) electrons. The van der Waals surface area contributed by atoms with Gasteiger partial charge in [0.2, 0.25) is 0 Å². The van der Waals surface area contributed by atoms with Crippen molar-refractivity contribution in [1.29, 1.82) is 0 Å². The highest BCUT2D eigenvalue weighted by Crippen LogP contribution is 2.51. The number of hydrogen-bond acceptors (Lipinski definition) is 2. The number of rotatable bonds is 6. The Morgan fingerprint density at radius 2 is 0.979 bits per heavy atom. The van der Waals surface area contributed by atoms with Gasteiger partial charge >= 0.3 is 0 Å². The van der Waals surface area contributed by atoms with Crippen LogP contribution in [0.15, 0.2) is 164 Å². The van der Waals surface area contributed by atoms with Crippen molar-refractivity contribution >= 4 is 17.1 Å². The molecule has 0 atom stereocenters. The molecule has 2 nitrogen and oxygen atoms in total. The Hall–Kier alpha value is -5.73. The fourth-order valence-electron chi connectivity index (χ4n) is 7.18. The van der Waals surface area contributed by atoms with Gasteiger partial charge in [0, 0.05) is 34.9 Å². The first kappa shape index (κ1) is 28.7. The Morgan fingerprint density at radius 3 is 1.68 bits per heavy atom. The molecule has 0 aliphatic heterocycles. The number of nitrogens with zero attached hydrogens (tertiary/aromatic N) is 2. The Balaban J connectivity index is 1.21. The Morgan fingerprint density at radius 1 is 0.447 bits per heavy atom. The van der Waals surface area contributed by atoms with Gasteiger partial charge in [-0.05, 0) is 117 Å². The Kier molecular flexibility index (Phi) is 7.07. The summed E-state index contributed by atoms with van der Waals surface area (Å²) in [4.78, 5) is 6.61. The predicted molar refractivity (Wildman–Crippen MR) is 198 cm³/mol. The lowest BCUT2D eigenvalue weighted by Gasteiger charge is -2.29. The molecule has 1 aliphatic rings. The van der Waals surface area contributed by atoms with E-state index < -0.39 is 0 Å². The molecule has 8 rings (SSSR count). The summed E-state index contributed by atoms with van der Waals surface area (Å²) in [7, 11) is 0. The highest BCUT2D eigenvalue weighted by molar-refractivity contribution is 5.87. The lowest BCUT2D eigenvalue weighted by Crippen LogP contribution is -2.17. The van der Waals surface area contributed by atoms with Crippen molar-refractivity contribution in [3.63, 3.8) is 0 Å². The minimum absolute atomic E-state index is 0.0797. The van der Waals surface area contributed by atoms with E-state index in [1.807, 2.05) is 12.4 Å². The van der Waals surface area contributed by atoms with E-state index in [0.29, 0.717) is 0 Å². The summed E-state index contributed by atoms with van der Waals surface area (Å²) in [6.07, 6.45) is 3.69. The monoisotopic (exact) mass is 604 g/mol. The molecular formula is C45H36N2. The van der Waals surface area contributed by atoms with Crippen molar-refractivity contribution in [2.75, 3.05) is 4.90 Å². The van der Waals surface area contributed by atoms with Crippen LogP contribution in [0.4, 0.5) is 17.1 Å². The van der Waals surface area contributed by atoms with Gasteiger partial charge in [-0.15, -0.1) is 0 Å². The van der Waals surface area contributed by atoms with Crippen LogP contribution in [0.25, 0.3) is 44.5 Å². The lowest BCUT2D eigenvalue weighted by atomic mass is 9.82. The topological polar surface area (TPSA) is 16.1 Å². The molecule has 0 fully saturated rings. The second-order valence-corrected chi connectivity index (χ2v) is 13.0. The first-order valence-electron chi connectivity index (χ1n) is 16.3. The normalized spacial score (nSPS) is 12.7. The Labute approximate surface area is 277 Å². The molecule has 0 unspecified atom stereocenters. The fraction of sp³-hybridized carbons (Fsp3) is 0.0889. The molecule has 0 saturated carbocycles. The number of anilines is 3. The smallest absolute Gasteiger partial charge is 0.0491 e. The van der Waals surface area contributed by atoms with Gasteiger partial charge in [-0.1, -0.05) is 117 Å². The molecule has 226 valence electrons. The third-order valence-corrected chi connectivity index (χ3v) is 9.73. The van der Waals surface area contributed by atoms with Crippen LogP contribution in [0.1, 0.15) is 30.5 Å². The van der Waals surface area contributed by atoms with E-state index in [9.17, 15) is 0 Å². The van der Waals surface area contributed by atoms with E-state index in [4.69, 9.17) is 0 Å². The summed E-state index contributed by atoms with van der Waals surface area (Å²) in [5.74, 6) is 0. The van der Waals surface area contributed by atoms with Crippen LogP contribution in [-0.4, -0.2) is 4.98 Å². The molecule has 47 heavy (non-hydrogen) atoms. The Bertz CT molecular complexity index is 2200. The lowest BCUT2D eigenvalue weighted by molar-refractivity contribution is 0.660. The highest BCUT2D eigenvalue weighted by atomic mass is 15.1. The molecule has 1 aromatic heterocycles. The summed E-state index contributed by atoms with van der Waals surface area (Å²) in [5.41, 5.74) is 17.2. The fourth-order valence-corrected chi connectivity index (χ4v) is 7.18. The molecule has 7 aromatic rings. The second kappa shape index (κ2) is 11.6. The number of pyridine rings is 1. The number of hydrogen-bond donors (Lipinski definition) is 0. The molecular weight excluding hydrogens is 569 g/mol. The van der Waals surface area contributed by atoms with Crippen molar-refractivity contribution < 1.29 is 0 Å². The second-order valence-electron chi connectivity index (χ2n) is 13.0. The number of fused-ring (bicyclic) bond motifs is 3. The summed E-state index contributed by atoms with van der Waals surface area (Å²) in [6.45, 7) is 6.92. The van der Waals surface area contributed by atoms with Crippen LogP contribution in [0, 0.1) is 6.92 Å². The molecule has 0 saturated heterocycles. The maximum absolute atomic E-state index is 4.20. The van der Waals surface area contributed by atoms with Gasteiger partial charge in [0.15, 0.2) is 0 Å². The van der Waals surface area contributed by atoms with Crippen molar-refractivity contribution in [3.05, 3.63) is 181 Å². The minimum Gasteiger partial charge on any atom is -0.310 e. The maximum atomic E-state index is 4.20. The minimum atomic E-state index is -0.0797. The van der Waals surface area contributed by atoms with Crippen LogP contribution in [0.5, 0.6) is 0 Å². The average Bonchev–Trinajstić information content (AvgIpc) is 3.36. The molecule has 0 N–H and O–H groups in total. The largest absolute Gasteiger partial charge is 0.310 e. The average molecular weight is 605 g/mol. The summed E-state index contributed by atoms with van der Waals surface area (Å²) >= 11 is 0. The molecule has 0 spiro atoms. The van der Waals surface area contributed by atoms with Gasteiger partial charge in [0.05, 0.1) is 0 Å². The summed E-state index contributed by atoms with van der Waals surface area (Å²) in [6, 6.07) is 55.1. The van der Waals surface area contributed by atoms with Gasteiger partial charge < -0.3 is 4.90 Å². The van der Waals surface area contributed by atoms with E-state index in [-0.39, 0.29) is 5.41 Å². The maximum Gasteiger partial charge on any atom is 0.0491 e. The van der Waals surface area contributed by atoms with Crippen molar-refractivity contribution in [3.8, 4) is 44.5 Å². The van der Waals surface area contributed by atoms with Crippen molar-refractivity contribution in [2.45, 2.75) is 26.2 Å². The van der Waals surface area contributed by atoms with E-state index in [1.165, 1.54) is 61.3 Å². The van der Waals surface area contributed by atoms with E-state index in [0.717, 1.165) is 16.9 Å². The number of aromatic nitrogens is 1. The molecule has 1 aliphatic carbocycles. The molecule has 1 heterocycles. The van der Waals surface area contributed by atoms with Crippen LogP contribution in [0.2, 0.25) is 0 Å². The van der Waals surface area contributed by atoms with Gasteiger partial charge in [0.1, 0.15) is 0 Å². The zero-order valence-corrected chi connectivity index (χ0v) is 27.0. The summed E-state index contributed by atoms with van der Waals surface area (Å²) < 4.78 is 0. The zero-order chi connectivity index (χ0) is 32.0. The van der Waals surface area contributed by atoms with Crippen LogP contribution in [-0.2, 0) is 5.41 Å². The highest BCUT2D eigenvalue weighted by Gasteiger charge is 2.35. The molecule has 2 heteroatoms. The van der Waals surface area contributed by atoms with E-state index in [1.54, 1.807) is 0 Å². The van der Waals surface area contributed by atoms with Crippen LogP contribution < -0.4 is 4.90 Å². The van der Waals surface area contributed by atoms with E-state index >= 15 is 0 Å². The zero-order valence-electron chi connectivity index (χ0n) is 27.0. The first-order valence-corrected chi connectivity index (χ1v) is 16.3. The van der Waals surface area contributed by atoms with Gasteiger partial charge in [-0.2, -0.15) is 0 Å². The predicted octanol–water partition coefficient (Wildman–Crippen LogP) is 12.2. The van der Waals surface area contributed by atoms with Crippen LogP contribution in [0.3, 0.4) is 0 Å². The number of aryl methyl sites for hydroxylation is 1. The first-order chi connectivity index (χ1) is 23.0.